The van der Waals surface area contributed by atoms with Crippen LogP contribution in [-0.4, -0.2) is 23.8 Å². The number of hydrogen-bond acceptors (Lipinski definition) is 6. The fourth-order valence-electron chi connectivity index (χ4n) is 6.36. The SMILES string of the molecule is CCCCCC(CCC1C(=O)CC2(CCCC)Cc3c(OCc4ccccc4)ccc(N)c3N=C12)OC(C)N. The van der Waals surface area contributed by atoms with E-state index in [-0.39, 0.29) is 23.7 Å². The van der Waals surface area contributed by atoms with Crippen molar-refractivity contribution in [2.45, 2.75) is 110 Å². The zero-order valence-corrected chi connectivity index (χ0v) is 24.1. The second-order valence-electron chi connectivity index (χ2n) is 11.5. The second-order valence-corrected chi connectivity index (χ2v) is 11.5. The average Bonchev–Trinajstić information content (AvgIpc) is 3.19. The zero-order chi connectivity index (χ0) is 27.8. The predicted molar refractivity (Wildman–Crippen MR) is 159 cm³/mol. The fraction of sp³-hybridized carbons (Fsp3) is 0.576. The van der Waals surface area contributed by atoms with E-state index < -0.39 is 0 Å². The first-order chi connectivity index (χ1) is 18.9. The number of ketones is 1. The lowest BCUT2D eigenvalue weighted by atomic mass is 9.71. The molecule has 4 N–H and O–H groups in total. The van der Waals surface area contributed by atoms with Gasteiger partial charge in [0.2, 0.25) is 0 Å². The van der Waals surface area contributed by atoms with Crippen LogP contribution in [0, 0.1) is 11.3 Å². The van der Waals surface area contributed by atoms with Crippen LogP contribution in [0.25, 0.3) is 0 Å². The molecule has 4 unspecified atom stereocenters. The van der Waals surface area contributed by atoms with Crippen LogP contribution in [0.1, 0.15) is 96.1 Å². The predicted octanol–water partition coefficient (Wildman–Crippen LogP) is 7.29. The molecule has 1 aliphatic heterocycles. The highest BCUT2D eigenvalue weighted by Gasteiger charge is 2.52. The van der Waals surface area contributed by atoms with Gasteiger partial charge < -0.3 is 20.9 Å². The smallest absolute Gasteiger partial charge is 0.142 e. The molecule has 4 atom stereocenters. The molecule has 2 aromatic carbocycles. The van der Waals surface area contributed by atoms with Crippen LogP contribution in [0.4, 0.5) is 11.4 Å². The number of ether oxygens (including phenoxy) is 2. The Labute approximate surface area is 234 Å². The molecule has 0 aromatic heterocycles. The summed E-state index contributed by atoms with van der Waals surface area (Å²) >= 11 is 0. The largest absolute Gasteiger partial charge is 0.489 e. The third kappa shape index (κ3) is 7.09. The molecule has 6 heteroatoms. The summed E-state index contributed by atoms with van der Waals surface area (Å²) in [5.41, 5.74) is 16.8. The van der Waals surface area contributed by atoms with E-state index in [1.54, 1.807) is 0 Å². The number of benzene rings is 2. The van der Waals surface area contributed by atoms with Crippen molar-refractivity contribution in [2.24, 2.45) is 22.1 Å². The quantitative estimate of drug-likeness (QED) is 0.142. The molecule has 212 valence electrons. The number of carbonyl (C=O) groups is 1. The van der Waals surface area contributed by atoms with E-state index in [9.17, 15) is 4.79 Å². The van der Waals surface area contributed by atoms with Crippen molar-refractivity contribution in [3.05, 3.63) is 53.6 Å². The van der Waals surface area contributed by atoms with E-state index in [1.165, 1.54) is 12.8 Å². The molecule has 1 saturated carbocycles. The van der Waals surface area contributed by atoms with Gasteiger partial charge in [-0.05, 0) is 56.7 Å². The Kier molecular flexibility index (Phi) is 10.2. The molecule has 4 rings (SSSR count). The summed E-state index contributed by atoms with van der Waals surface area (Å²) in [6, 6.07) is 14.0. The maximum absolute atomic E-state index is 13.6. The number of aliphatic imine (C=N–C) groups is 1. The highest BCUT2D eigenvalue weighted by Crippen LogP contribution is 2.53. The molecule has 6 nitrogen and oxygen atoms in total. The van der Waals surface area contributed by atoms with E-state index >= 15 is 0 Å². The number of nitrogens with zero attached hydrogens (tertiary/aromatic N) is 1. The van der Waals surface area contributed by atoms with Gasteiger partial charge in [-0.2, -0.15) is 0 Å². The topological polar surface area (TPSA) is 99.9 Å². The van der Waals surface area contributed by atoms with E-state index in [1.807, 2.05) is 37.3 Å². The standard InChI is InChI=1S/C33H47N3O3/c1-4-6-9-14-25(39-23(3)34)15-16-26-29(37)21-33(19-7-5-2)20-27-30(38-22-24-12-10-8-11-13-24)18-17-28(35)31(27)36-32(26)33/h8,10-13,17-18,23,25-26H,4-7,9,14-16,19-22,34-35H2,1-3H3. The summed E-state index contributed by atoms with van der Waals surface area (Å²) in [5, 5.41) is 0. The molecule has 39 heavy (non-hydrogen) atoms. The average molecular weight is 534 g/mol. The first-order valence-corrected chi connectivity index (χ1v) is 15.0. The number of unbranched alkanes of at least 4 members (excludes halogenated alkanes) is 3. The Morgan fingerprint density at radius 2 is 1.79 bits per heavy atom. The van der Waals surface area contributed by atoms with Crippen molar-refractivity contribution in [3.8, 4) is 5.75 Å². The minimum atomic E-state index is -0.312. The molecule has 1 heterocycles. The van der Waals surface area contributed by atoms with Crippen LogP contribution in [0.3, 0.4) is 0 Å². The lowest BCUT2D eigenvalue weighted by Gasteiger charge is -2.36. The van der Waals surface area contributed by atoms with Crippen LogP contribution in [0.15, 0.2) is 47.5 Å². The highest BCUT2D eigenvalue weighted by molar-refractivity contribution is 6.16. The Bertz CT molecular complexity index is 1130. The number of anilines is 1. The van der Waals surface area contributed by atoms with Gasteiger partial charge in [0, 0.05) is 23.1 Å². The van der Waals surface area contributed by atoms with Gasteiger partial charge >= 0.3 is 0 Å². The van der Waals surface area contributed by atoms with Crippen LogP contribution in [0.2, 0.25) is 0 Å². The van der Waals surface area contributed by atoms with Crippen LogP contribution in [-0.2, 0) is 22.6 Å². The van der Waals surface area contributed by atoms with Crippen LogP contribution in [0.5, 0.6) is 5.75 Å². The summed E-state index contributed by atoms with van der Waals surface area (Å²) < 4.78 is 12.4. The number of carbonyl (C=O) groups excluding carboxylic acids is 1. The fourth-order valence-corrected chi connectivity index (χ4v) is 6.36. The first kappa shape index (κ1) is 29.3. The van der Waals surface area contributed by atoms with Crippen molar-refractivity contribution < 1.29 is 14.3 Å². The Morgan fingerprint density at radius 1 is 1.03 bits per heavy atom. The molecular formula is C33H47N3O3. The van der Waals surface area contributed by atoms with Gasteiger partial charge in [-0.15, -0.1) is 0 Å². The normalized spacial score (nSPS) is 21.7. The van der Waals surface area contributed by atoms with Crippen molar-refractivity contribution in [1.82, 2.24) is 0 Å². The van der Waals surface area contributed by atoms with Gasteiger partial charge in [-0.1, -0.05) is 76.3 Å². The van der Waals surface area contributed by atoms with Gasteiger partial charge in [-0.3, -0.25) is 9.79 Å². The minimum absolute atomic E-state index is 0.0644. The minimum Gasteiger partial charge on any atom is -0.489 e. The van der Waals surface area contributed by atoms with Crippen LogP contribution < -0.4 is 16.2 Å². The summed E-state index contributed by atoms with van der Waals surface area (Å²) in [6.45, 7) is 6.77. The molecular weight excluding hydrogens is 486 g/mol. The number of nitrogen functional groups attached to an aromatic ring is 1. The van der Waals surface area contributed by atoms with E-state index in [4.69, 9.17) is 25.9 Å². The molecule has 1 aliphatic carbocycles. The molecule has 0 saturated heterocycles. The lowest BCUT2D eigenvalue weighted by molar-refractivity contribution is -0.121. The molecule has 2 aromatic rings. The third-order valence-corrected chi connectivity index (χ3v) is 8.35. The van der Waals surface area contributed by atoms with Gasteiger partial charge in [0.15, 0.2) is 0 Å². The van der Waals surface area contributed by atoms with Crippen molar-refractivity contribution >= 4 is 22.9 Å². The van der Waals surface area contributed by atoms with E-state index in [2.05, 4.69) is 26.0 Å². The molecule has 0 bridgehead atoms. The Balaban J connectivity index is 1.61. The van der Waals surface area contributed by atoms with Crippen molar-refractivity contribution in [3.63, 3.8) is 0 Å². The Morgan fingerprint density at radius 3 is 2.51 bits per heavy atom. The molecule has 0 amide bonds. The van der Waals surface area contributed by atoms with Crippen molar-refractivity contribution in [1.29, 1.82) is 0 Å². The summed E-state index contributed by atoms with van der Waals surface area (Å²) in [7, 11) is 0. The monoisotopic (exact) mass is 533 g/mol. The van der Waals surface area contributed by atoms with Gasteiger partial charge in [0.25, 0.3) is 0 Å². The summed E-state index contributed by atoms with van der Waals surface area (Å²) in [4.78, 5) is 18.8. The summed E-state index contributed by atoms with van der Waals surface area (Å²) in [6.07, 6.45) is 10.1. The number of fused-ring (bicyclic) bond motifs is 2. The van der Waals surface area contributed by atoms with Gasteiger partial charge in [-0.25, -0.2) is 0 Å². The summed E-state index contributed by atoms with van der Waals surface area (Å²) in [5.74, 6) is 0.934. The zero-order valence-electron chi connectivity index (χ0n) is 24.1. The van der Waals surface area contributed by atoms with Gasteiger partial charge in [0.05, 0.1) is 23.4 Å². The molecule has 2 aliphatic rings. The van der Waals surface area contributed by atoms with E-state index in [0.29, 0.717) is 24.5 Å². The van der Waals surface area contributed by atoms with E-state index in [0.717, 1.165) is 79.6 Å². The first-order valence-electron chi connectivity index (χ1n) is 15.0. The number of Topliss-reactive ketones (excluding diaryl/α,β-unsaturated/α-hetero) is 1. The van der Waals surface area contributed by atoms with Gasteiger partial charge in [0.1, 0.15) is 24.4 Å². The third-order valence-electron chi connectivity index (χ3n) is 8.35. The lowest BCUT2D eigenvalue weighted by Crippen LogP contribution is -2.34. The number of rotatable bonds is 15. The molecule has 1 fully saturated rings. The number of hydrogen-bond donors (Lipinski definition) is 2. The maximum Gasteiger partial charge on any atom is 0.142 e. The molecule has 0 spiro atoms. The van der Waals surface area contributed by atoms with Crippen LogP contribution >= 0.6 is 0 Å². The van der Waals surface area contributed by atoms with Crippen molar-refractivity contribution in [2.75, 3.05) is 5.73 Å². The Hall–Kier alpha value is -2.70. The maximum atomic E-state index is 13.6. The highest BCUT2D eigenvalue weighted by atomic mass is 16.5. The number of nitrogens with two attached hydrogens (primary N) is 2. The second kappa shape index (κ2) is 13.6. The molecule has 0 radical (unpaired) electrons.